The maximum atomic E-state index is 13.0. The summed E-state index contributed by atoms with van der Waals surface area (Å²) >= 11 is 0. The highest BCUT2D eigenvalue weighted by Crippen LogP contribution is 2.27. The highest BCUT2D eigenvalue weighted by molar-refractivity contribution is 7.89. The molecule has 1 aliphatic carbocycles. The van der Waals surface area contributed by atoms with Crippen molar-refractivity contribution in [2.75, 3.05) is 18.4 Å². The summed E-state index contributed by atoms with van der Waals surface area (Å²) in [4.78, 5) is 25.1. The van der Waals surface area contributed by atoms with Crippen LogP contribution in [0.5, 0.6) is 0 Å². The van der Waals surface area contributed by atoms with Crippen LogP contribution in [0.1, 0.15) is 53.8 Å². The van der Waals surface area contributed by atoms with Gasteiger partial charge in [-0.3, -0.25) is 9.59 Å². The average molecular weight is 456 g/mol. The lowest BCUT2D eigenvalue weighted by molar-refractivity contribution is 0.0949. The molecule has 8 heteroatoms. The SMILES string of the molecule is C[C@H]1C[C@H](C)CN(S(=O)(=O)c2ccc(C(=O)Nc3cccc(C(=O)NC4CC4)c3)cc2)C1. The van der Waals surface area contributed by atoms with E-state index in [0.29, 0.717) is 41.7 Å². The van der Waals surface area contributed by atoms with Crippen molar-refractivity contribution in [2.45, 2.75) is 44.0 Å². The van der Waals surface area contributed by atoms with Crippen molar-refractivity contribution >= 4 is 27.5 Å². The molecule has 2 fully saturated rings. The number of hydrogen-bond acceptors (Lipinski definition) is 4. The fourth-order valence-corrected chi connectivity index (χ4v) is 5.85. The molecule has 2 N–H and O–H groups in total. The molecule has 1 saturated heterocycles. The third-order valence-electron chi connectivity index (χ3n) is 5.88. The summed E-state index contributed by atoms with van der Waals surface area (Å²) in [5.74, 6) is 0.120. The topological polar surface area (TPSA) is 95.6 Å². The minimum atomic E-state index is -3.59. The van der Waals surface area contributed by atoms with Crippen molar-refractivity contribution in [2.24, 2.45) is 11.8 Å². The Morgan fingerprint density at radius 2 is 1.56 bits per heavy atom. The van der Waals surface area contributed by atoms with E-state index in [-0.39, 0.29) is 22.8 Å². The van der Waals surface area contributed by atoms with Gasteiger partial charge in [-0.2, -0.15) is 4.31 Å². The van der Waals surface area contributed by atoms with Gasteiger partial charge in [-0.15, -0.1) is 0 Å². The molecular weight excluding hydrogens is 426 g/mol. The van der Waals surface area contributed by atoms with Crippen LogP contribution in [0.25, 0.3) is 0 Å². The Morgan fingerprint density at radius 3 is 2.19 bits per heavy atom. The number of benzene rings is 2. The summed E-state index contributed by atoms with van der Waals surface area (Å²) in [6.07, 6.45) is 3.03. The molecule has 1 aliphatic heterocycles. The van der Waals surface area contributed by atoms with E-state index < -0.39 is 10.0 Å². The number of piperidine rings is 1. The Kier molecular flexibility index (Phi) is 6.35. The zero-order valence-electron chi connectivity index (χ0n) is 18.4. The van der Waals surface area contributed by atoms with Gasteiger partial charge in [0.25, 0.3) is 11.8 Å². The van der Waals surface area contributed by atoms with Gasteiger partial charge in [0.1, 0.15) is 0 Å². The first-order valence-electron chi connectivity index (χ1n) is 11.0. The summed E-state index contributed by atoms with van der Waals surface area (Å²) in [5, 5.41) is 5.70. The molecule has 0 radical (unpaired) electrons. The number of nitrogens with zero attached hydrogens (tertiary/aromatic N) is 1. The van der Waals surface area contributed by atoms with Gasteiger partial charge in [-0.05, 0) is 73.6 Å². The molecular formula is C24H29N3O4S. The van der Waals surface area contributed by atoms with Crippen LogP contribution in [0.3, 0.4) is 0 Å². The van der Waals surface area contributed by atoms with Gasteiger partial charge in [0, 0.05) is 35.9 Å². The minimum absolute atomic E-state index is 0.153. The second-order valence-electron chi connectivity index (χ2n) is 9.08. The first-order chi connectivity index (χ1) is 15.2. The van der Waals surface area contributed by atoms with E-state index >= 15 is 0 Å². The van der Waals surface area contributed by atoms with E-state index in [9.17, 15) is 18.0 Å². The lowest BCUT2D eigenvalue weighted by Gasteiger charge is -2.34. The summed E-state index contributed by atoms with van der Waals surface area (Å²) in [6, 6.07) is 13.0. The van der Waals surface area contributed by atoms with Gasteiger partial charge in [-0.1, -0.05) is 19.9 Å². The third kappa shape index (κ3) is 5.19. The van der Waals surface area contributed by atoms with Crippen LogP contribution in [0.4, 0.5) is 5.69 Å². The fourth-order valence-electron chi connectivity index (χ4n) is 4.17. The maximum absolute atomic E-state index is 13.0. The van der Waals surface area contributed by atoms with Crippen LogP contribution in [-0.2, 0) is 10.0 Å². The molecule has 1 saturated carbocycles. The van der Waals surface area contributed by atoms with Gasteiger partial charge in [0.05, 0.1) is 4.90 Å². The molecule has 2 aromatic carbocycles. The zero-order valence-corrected chi connectivity index (χ0v) is 19.2. The molecule has 7 nitrogen and oxygen atoms in total. The van der Waals surface area contributed by atoms with E-state index in [1.54, 1.807) is 28.6 Å². The molecule has 1 heterocycles. The Hall–Kier alpha value is -2.71. The number of carbonyl (C=O) groups is 2. The van der Waals surface area contributed by atoms with Crippen molar-refractivity contribution in [3.8, 4) is 0 Å². The number of amides is 2. The first kappa shape index (κ1) is 22.5. The lowest BCUT2D eigenvalue weighted by Crippen LogP contribution is -2.42. The Balaban J connectivity index is 1.44. The highest BCUT2D eigenvalue weighted by Gasteiger charge is 2.31. The Morgan fingerprint density at radius 1 is 0.906 bits per heavy atom. The number of nitrogens with one attached hydrogen (secondary N) is 2. The van der Waals surface area contributed by atoms with E-state index in [4.69, 9.17) is 0 Å². The van der Waals surface area contributed by atoms with Crippen LogP contribution >= 0.6 is 0 Å². The van der Waals surface area contributed by atoms with Crippen molar-refractivity contribution < 1.29 is 18.0 Å². The lowest BCUT2D eigenvalue weighted by atomic mass is 9.94. The first-order valence-corrected chi connectivity index (χ1v) is 12.5. The molecule has 170 valence electrons. The van der Waals surface area contributed by atoms with Gasteiger partial charge < -0.3 is 10.6 Å². The molecule has 2 aliphatic rings. The molecule has 2 aromatic rings. The highest BCUT2D eigenvalue weighted by atomic mass is 32.2. The summed E-state index contributed by atoms with van der Waals surface area (Å²) < 4.78 is 27.6. The van der Waals surface area contributed by atoms with Gasteiger partial charge in [0.2, 0.25) is 10.0 Å². The molecule has 2 atom stereocenters. The predicted molar refractivity (Wildman–Crippen MR) is 123 cm³/mol. The summed E-state index contributed by atoms with van der Waals surface area (Å²) in [7, 11) is -3.59. The van der Waals surface area contributed by atoms with Crippen molar-refractivity contribution in [1.29, 1.82) is 0 Å². The summed E-state index contributed by atoms with van der Waals surface area (Å²) in [5.41, 5.74) is 1.34. The van der Waals surface area contributed by atoms with E-state index in [1.807, 2.05) is 0 Å². The molecule has 4 rings (SSSR count). The van der Waals surface area contributed by atoms with Gasteiger partial charge >= 0.3 is 0 Å². The van der Waals surface area contributed by atoms with Crippen LogP contribution in [0.15, 0.2) is 53.4 Å². The van der Waals surface area contributed by atoms with Crippen LogP contribution < -0.4 is 10.6 Å². The van der Waals surface area contributed by atoms with Crippen molar-refractivity contribution in [3.63, 3.8) is 0 Å². The van der Waals surface area contributed by atoms with Crippen LogP contribution in [0, 0.1) is 11.8 Å². The summed E-state index contributed by atoms with van der Waals surface area (Å²) in [6.45, 7) is 5.16. The normalized spacial score (nSPS) is 21.7. The number of rotatable bonds is 6. The van der Waals surface area contributed by atoms with E-state index in [1.165, 1.54) is 24.3 Å². The predicted octanol–water partition coefficient (Wildman–Crippen LogP) is 3.50. The Bertz CT molecular complexity index is 1100. The average Bonchev–Trinajstić information content (AvgIpc) is 3.57. The number of sulfonamides is 1. The molecule has 2 amide bonds. The standard InChI is InChI=1S/C24H29N3O4S/c1-16-12-17(2)15-27(14-16)32(30,31)22-10-6-18(7-11-22)23(28)26-21-5-3-4-19(13-21)24(29)25-20-8-9-20/h3-7,10-11,13,16-17,20H,8-9,12,14-15H2,1-2H3,(H,25,29)(H,26,28)/t16-,17-/m0/s1. The molecule has 0 unspecified atom stereocenters. The second-order valence-corrected chi connectivity index (χ2v) is 11.0. The number of hydrogen-bond donors (Lipinski definition) is 2. The number of anilines is 1. The van der Waals surface area contributed by atoms with Gasteiger partial charge in [0.15, 0.2) is 0 Å². The molecule has 0 aromatic heterocycles. The quantitative estimate of drug-likeness (QED) is 0.697. The smallest absolute Gasteiger partial charge is 0.255 e. The van der Waals surface area contributed by atoms with E-state index in [2.05, 4.69) is 24.5 Å². The fraction of sp³-hybridized carbons (Fsp3) is 0.417. The van der Waals surface area contributed by atoms with Crippen molar-refractivity contribution in [1.82, 2.24) is 9.62 Å². The molecule has 0 spiro atoms. The Labute approximate surface area is 189 Å². The van der Waals surface area contributed by atoms with Crippen LogP contribution in [-0.4, -0.2) is 43.7 Å². The number of carbonyl (C=O) groups excluding carboxylic acids is 2. The molecule has 32 heavy (non-hydrogen) atoms. The maximum Gasteiger partial charge on any atom is 0.255 e. The molecule has 0 bridgehead atoms. The second kappa shape index (κ2) is 9.03. The van der Waals surface area contributed by atoms with Crippen LogP contribution in [0.2, 0.25) is 0 Å². The van der Waals surface area contributed by atoms with E-state index in [0.717, 1.165) is 19.3 Å². The monoisotopic (exact) mass is 455 g/mol. The minimum Gasteiger partial charge on any atom is -0.349 e. The van der Waals surface area contributed by atoms with Gasteiger partial charge in [-0.25, -0.2) is 8.42 Å². The zero-order chi connectivity index (χ0) is 22.9. The van der Waals surface area contributed by atoms with Crippen molar-refractivity contribution in [3.05, 3.63) is 59.7 Å². The third-order valence-corrected chi connectivity index (χ3v) is 7.73. The largest absolute Gasteiger partial charge is 0.349 e.